The number of nitrogens with one attached hydrogen (secondary N) is 1. The molecule has 2 aromatic carbocycles. The quantitative estimate of drug-likeness (QED) is 0.760. The molecule has 3 heteroatoms. The molecule has 3 nitrogen and oxygen atoms in total. The van der Waals surface area contributed by atoms with Gasteiger partial charge in [-0.15, -0.1) is 0 Å². The molecule has 1 atom stereocenters. The topological polar surface area (TPSA) is 28.3 Å². The molecule has 128 valence electrons. The van der Waals surface area contributed by atoms with E-state index in [0.29, 0.717) is 6.04 Å². The van der Waals surface area contributed by atoms with E-state index in [0.717, 1.165) is 24.6 Å². The molecule has 0 bridgehead atoms. The maximum atomic E-state index is 5.49. The van der Waals surface area contributed by atoms with E-state index >= 15 is 0 Å². The fraction of sp³-hybridized carbons (Fsp3) is 0.364. The van der Waals surface area contributed by atoms with Crippen LogP contribution in [0.1, 0.15) is 35.7 Å². The van der Waals surface area contributed by atoms with Gasteiger partial charge in [0, 0.05) is 29.7 Å². The Kier molecular flexibility index (Phi) is 3.56. The van der Waals surface area contributed by atoms with Gasteiger partial charge in [-0.1, -0.05) is 30.3 Å². The Morgan fingerprint density at radius 3 is 2.84 bits per heavy atom. The third kappa shape index (κ3) is 2.63. The zero-order chi connectivity index (χ0) is 16.8. The minimum atomic E-state index is 0.298. The van der Waals surface area contributed by atoms with Crippen LogP contribution in [0.15, 0.2) is 48.5 Å². The predicted molar refractivity (Wildman–Crippen MR) is 101 cm³/mol. The Morgan fingerprint density at radius 2 is 2.00 bits per heavy atom. The normalized spacial score (nSPS) is 20.6. The number of ether oxygens (including phenoxy) is 1. The Bertz CT molecular complexity index is 909. The summed E-state index contributed by atoms with van der Waals surface area (Å²) in [6.07, 6.45) is 3.91. The maximum Gasteiger partial charge on any atom is 0.119 e. The molecule has 0 amide bonds. The van der Waals surface area contributed by atoms with Gasteiger partial charge in [0.05, 0.1) is 13.2 Å². The third-order valence-corrected chi connectivity index (χ3v) is 5.73. The Morgan fingerprint density at radius 1 is 1.12 bits per heavy atom. The van der Waals surface area contributed by atoms with E-state index in [1.807, 2.05) is 6.07 Å². The summed E-state index contributed by atoms with van der Waals surface area (Å²) in [7, 11) is 1.75. The van der Waals surface area contributed by atoms with E-state index in [9.17, 15) is 0 Å². The van der Waals surface area contributed by atoms with Crippen molar-refractivity contribution in [3.8, 4) is 5.75 Å². The minimum absolute atomic E-state index is 0.298. The summed E-state index contributed by atoms with van der Waals surface area (Å²) in [6.45, 7) is 2.34. The first-order valence-electron chi connectivity index (χ1n) is 9.31. The largest absolute Gasteiger partial charge is 0.497 e. The zero-order valence-corrected chi connectivity index (χ0v) is 14.7. The van der Waals surface area contributed by atoms with E-state index in [1.54, 1.807) is 7.11 Å². The predicted octanol–water partition coefficient (Wildman–Crippen LogP) is 4.53. The molecule has 0 radical (unpaired) electrons. The fourth-order valence-corrected chi connectivity index (χ4v) is 4.31. The van der Waals surface area contributed by atoms with Gasteiger partial charge in [-0.2, -0.15) is 0 Å². The Balaban J connectivity index is 1.64. The number of aromatic amines is 1. The second-order valence-electron chi connectivity index (χ2n) is 7.43. The van der Waals surface area contributed by atoms with Crippen molar-refractivity contribution in [2.24, 2.45) is 5.92 Å². The van der Waals surface area contributed by atoms with Gasteiger partial charge in [-0.05, 0) is 54.5 Å². The lowest BCUT2D eigenvalue weighted by Gasteiger charge is -2.36. The summed E-state index contributed by atoms with van der Waals surface area (Å²) in [5.74, 6) is 1.83. The van der Waals surface area contributed by atoms with Crippen LogP contribution in [0.5, 0.6) is 5.75 Å². The van der Waals surface area contributed by atoms with Crippen LogP contribution in [-0.4, -0.2) is 30.1 Å². The van der Waals surface area contributed by atoms with E-state index in [2.05, 4.69) is 52.3 Å². The fourth-order valence-electron chi connectivity index (χ4n) is 4.31. The molecule has 1 aliphatic carbocycles. The second-order valence-corrected chi connectivity index (χ2v) is 7.43. The molecule has 2 aliphatic rings. The highest BCUT2D eigenvalue weighted by Crippen LogP contribution is 2.41. The van der Waals surface area contributed by atoms with Gasteiger partial charge in [0.25, 0.3) is 0 Å². The number of nitrogens with zero attached hydrogens (tertiary/aromatic N) is 1. The molecule has 1 aliphatic heterocycles. The van der Waals surface area contributed by atoms with Crippen LogP contribution in [0.25, 0.3) is 10.9 Å². The number of aromatic nitrogens is 1. The van der Waals surface area contributed by atoms with Crippen molar-refractivity contribution < 1.29 is 4.74 Å². The van der Waals surface area contributed by atoms with Crippen molar-refractivity contribution in [1.29, 1.82) is 0 Å². The summed E-state index contributed by atoms with van der Waals surface area (Å²) < 4.78 is 5.49. The molecule has 0 unspecified atom stereocenters. The molecule has 1 fully saturated rings. The average Bonchev–Trinajstić information content (AvgIpc) is 3.39. The lowest BCUT2D eigenvalue weighted by molar-refractivity contribution is 0.202. The van der Waals surface area contributed by atoms with Gasteiger partial charge < -0.3 is 9.72 Å². The molecule has 3 aromatic rings. The molecule has 25 heavy (non-hydrogen) atoms. The summed E-state index contributed by atoms with van der Waals surface area (Å²) >= 11 is 0. The molecular formula is C22H24N2O. The van der Waals surface area contributed by atoms with Crippen LogP contribution in [0.2, 0.25) is 0 Å². The maximum absolute atomic E-state index is 5.49. The standard InChI is InChI=1S/C22H24N2O/c1-25-17-6-4-5-16(13-17)22-21-19(11-12-24(22)14-15-9-10-15)18-7-2-3-8-20(18)23-21/h2-8,13,15,22-23H,9-12,14H2,1H3/t22-/m0/s1. The molecule has 2 heterocycles. The lowest BCUT2D eigenvalue weighted by Crippen LogP contribution is -2.37. The van der Waals surface area contributed by atoms with Gasteiger partial charge in [0.1, 0.15) is 5.75 Å². The van der Waals surface area contributed by atoms with Crippen molar-refractivity contribution in [1.82, 2.24) is 9.88 Å². The molecule has 1 aromatic heterocycles. The van der Waals surface area contributed by atoms with Crippen molar-refractivity contribution in [2.75, 3.05) is 20.2 Å². The minimum Gasteiger partial charge on any atom is -0.497 e. The number of hydrogen-bond donors (Lipinski definition) is 1. The summed E-state index contributed by atoms with van der Waals surface area (Å²) in [5, 5.41) is 1.39. The molecule has 5 rings (SSSR count). The van der Waals surface area contributed by atoms with Crippen LogP contribution in [0.4, 0.5) is 0 Å². The smallest absolute Gasteiger partial charge is 0.119 e. The van der Waals surface area contributed by atoms with Crippen molar-refractivity contribution in [2.45, 2.75) is 25.3 Å². The summed E-state index contributed by atoms with van der Waals surface area (Å²) in [5.41, 5.74) is 5.46. The number of methoxy groups -OCH3 is 1. The van der Waals surface area contributed by atoms with Crippen LogP contribution < -0.4 is 4.74 Å². The van der Waals surface area contributed by atoms with Crippen molar-refractivity contribution >= 4 is 10.9 Å². The van der Waals surface area contributed by atoms with E-state index in [4.69, 9.17) is 4.74 Å². The van der Waals surface area contributed by atoms with Gasteiger partial charge >= 0.3 is 0 Å². The third-order valence-electron chi connectivity index (χ3n) is 5.73. The number of rotatable bonds is 4. The van der Waals surface area contributed by atoms with Crippen LogP contribution in [-0.2, 0) is 6.42 Å². The molecular weight excluding hydrogens is 308 g/mol. The van der Waals surface area contributed by atoms with Crippen molar-refractivity contribution in [3.05, 3.63) is 65.4 Å². The zero-order valence-electron chi connectivity index (χ0n) is 14.7. The van der Waals surface area contributed by atoms with Crippen LogP contribution in [0, 0.1) is 5.92 Å². The second kappa shape index (κ2) is 5.92. The number of H-pyrrole nitrogens is 1. The highest BCUT2D eigenvalue weighted by atomic mass is 16.5. The first-order chi connectivity index (χ1) is 12.3. The number of fused-ring (bicyclic) bond motifs is 3. The average molecular weight is 332 g/mol. The summed E-state index contributed by atoms with van der Waals surface area (Å²) in [6, 6.07) is 17.6. The number of benzene rings is 2. The van der Waals surface area contributed by atoms with Gasteiger partial charge in [0.2, 0.25) is 0 Å². The lowest BCUT2D eigenvalue weighted by atomic mass is 9.92. The highest BCUT2D eigenvalue weighted by molar-refractivity contribution is 5.85. The Labute approximate surface area is 148 Å². The summed E-state index contributed by atoms with van der Waals surface area (Å²) in [4.78, 5) is 6.41. The highest BCUT2D eigenvalue weighted by Gasteiger charge is 2.35. The number of para-hydroxylation sites is 1. The van der Waals surface area contributed by atoms with Gasteiger partial charge in [-0.3, -0.25) is 4.90 Å². The van der Waals surface area contributed by atoms with Crippen molar-refractivity contribution in [3.63, 3.8) is 0 Å². The van der Waals surface area contributed by atoms with Crippen LogP contribution >= 0.6 is 0 Å². The monoisotopic (exact) mass is 332 g/mol. The first-order valence-corrected chi connectivity index (χ1v) is 9.31. The van der Waals surface area contributed by atoms with E-state index in [-0.39, 0.29) is 0 Å². The molecule has 1 saturated carbocycles. The molecule has 0 saturated heterocycles. The van der Waals surface area contributed by atoms with Crippen LogP contribution in [0.3, 0.4) is 0 Å². The van der Waals surface area contributed by atoms with E-state index < -0.39 is 0 Å². The van der Waals surface area contributed by atoms with Gasteiger partial charge in [0.15, 0.2) is 0 Å². The SMILES string of the molecule is COc1cccc([C@H]2c3[nH]c4ccccc4c3CCN2CC2CC2)c1. The molecule has 0 spiro atoms. The van der Waals surface area contributed by atoms with Gasteiger partial charge in [-0.25, -0.2) is 0 Å². The Hall–Kier alpha value is -2.26. The van der Waals surface area contributed by atoms with E-state index in [1.165, 1.54) is 47.1 Å². The molecule has 1 N–H and O–H groups in total. The number of hydrogen-bond acceptors (Lipinski definition) is 2. The first kappa shape index (κ1) is 15.0.